The Balaban J connectivity index is 0.00000225. The number of ether oxygens (including phenoxy) is 1. The minimum absolute atomic E-state index is 0. The Kier molecular flexibility index (Phi) is 6.57. The van der Waals surface area contributed by atoms with Crippen molar-refractivity contribution < 1.29 is 22.7 Å². The topological polar surface area (TPSA) is 50.4 Å². The standard InChI is InChI=1S/C17H21F3N2O2.ClH/c18-17(19,20)24-15-4-2-1-3-11(15)5-8-16(23)22-14-9-12-6-7-13(10-14)21-12;/h1-4,12-14,21H,5-10H2,(H,22,23);1H. The zero-order chi connectivity index (χ0) is 17.2. The average Bonchev–Trinajstić information content (AvgIpc) is 2.84. The monoisotopic (exact) mass is 378 g/mol. The number of halogens is 4. The predicted molar refractivity (Wildman–Crippen MR) is 89.8 cm³/mol. The maximum Gasteiger partial charge on any atom is 0.573 e. The van der Waals surface area contributed by atoms with E-state index >= 15 is 0 Å². The molecule has 140 valence electrons. The number of alkyl halides is 3. The van der Waals surface area contributed by atoms with E-state index in [1.54, 1.807) is 12.1 Å². The second kappa shape index (κ2) is 8.27. The minimum Gasteiger partial charge on any atom is -0.406 e. The second-order valence-electron chi connectivity index (χ2n) is 6.53. The van der Waals surface area contributed by atoms with Crippen LogP contribution in [0.4, 0.5) is 13.2 Å². The SMILES string of the molecule is Cl.O=C(CCc1ccccc1OC(F)(F)F)NC1CC2CCC(C1)N2. The fourth-order valence-electron chi connectivity index (χ4n) is 3.66. The van der Waals surface area contributed by atoms with E-state index in [4.69, 9.17) is 0 Å². The highest BCUT2D eigenvalue weighted by atomic mass is 35.5. The van der Waals surface area contributed by atoms with E-state index in [0.29, 0.717) is 17.6 Å². The van der Waals surface area contributed by atoms with E-state index in [-0.39, 0.29) is 42.9 Å². The van der Waals surface area contributed by atoms with Crippen LogP contribution in [0.2, 0.25) is 0 Å². The van der Waals surface area contributed by atoms with Crippen molar-refractivity contribution in [2.24, 2.45) is 0 Å². The van der Waals surface area contributed by atoms with E-state index in [0.717, 1.165) is 25.7 Å². The summed E-state index contributed by atoms with van der Waals surface area (Å²) in [4.78, 5) is 12.1. The third kappa shape index (κ3) is 5.78. The number of piperidine rings is 1. The van der Waals surface area contributed by atoms with Gasteiger partial charge in [-0.15, -0.1) is 25.6 Å². The van der Waals surface area contributed by atoms with Gasteiger partial charge in [0.15, 0.2) is 0 Å². The molecule has 3 rings (SSSR count). The molecular weight excluding hydrogens is 357 g/mol. The van der Waals surface area contributed by atoms with Crippen LogP contribution >= 0.6 is 12.4 Å². The van der Waals surface area contributed by atoms with E-state index in [9.17, 15) is 18.0 Å². The van der Waals surface area contributed by atoms with Gasteiger partial charge < -0.3 is 15.4 Å². The summed E-state index contributed by atoms with van der Waals surface area (Å²) in [6, 6.07) is 7.07. The molecule has 0 aliphatic carbocycles. The van der Waals surface area contributed by atoms with Gasteiger partial charge in [0.05, 0.1) is 0 Å². The van der Waals surface area contributed by atoms with Crippen molar-refractivity contribution in [1.29, 1.82) is 0 Å². The van der Waals surface area contributed by atoms with Crippen molar-refractivity contribution in [2.75, 3.05) is 0 Å². The average molecular weight is 379 g/mol. The van der Waals surface area contributed by atoms with Crippen LogP contribution in [0, 0.1) is 0 Å². The van der Waals surface area contributed by atoms with Crippen LogP contribution in [0.5, 0.6) is 5.75 Å². The smallest absolute Gasteiger partial charge is 0.406 e. The number of nitrogens with one attached hydrogen (secondary N) is 2. The van der Waals surface area contributed by atoms with Crippen molar-refractivity contribution >= 4 is 18.3 Å². The Hall–Kier alpha value is -1.47. The molecule has 0 aromatic heterocycles. The molecule has 4 nitrogen and oxygen atoms in total. The zero-order valence-corrected chi connectivity index (χ0v) is 14.5. The van der Waals surface area contributed by atoms with E-state index in [2.05, 4.69) is 15.4 Å². The van der Waals surface area contributed by atoms with Crippen LogP contribution in [0.25, 0.3) is 0 Å². The Morgan fingerprint density at radius 2 is 1.84 bits per heavy atom. The summed E-state index contributed by atoms with van der Waals surface area (Å²) in [5, 5.41) is 6.52. The lowest BCUT2D eigenvalue weighted by atomic mass is 9.99. The van der Waals surface area contributed by atoms with Gasteiger partial charge in [0.2, 0.25) is 5.91 Å². The Morgan fingerprint density at radius 3 is 2.48 bits per heavy atom. The van der Waals surface area contributed by atoms with Gasteiger partial charge in [-0.25, -0.2) is 0 Å². The number of aryl methyl sites for hydroxylation is 1. The molecule has 1 aromatic rings. The van der Waals surface area contributed by atoms with Crippen LogP contribution < -0.4 is 15.4 Å². The summed E-state index contributed by atoms with van der Waals surface area (Å²) in [5.74, 6) is -0.360. The fourth-order valence-corrected chi connectivity index (χ4v) is 3.66. The van der Waals surface area contributed by atoms with Gasteiger partial charge in [-0.05, 0) is 43.7 Å². The Morgan fingerprint density at radius 1 is 1.20 bits per heavy atom. The minimum atomic E-state index is -4.73. The number of carbonyl (C=O) groups is 1. The van der Waals surface area contributed by atoms with Gasteiger partial charge in [-0.3, -0.25) is 4.79 Å². The number of para-hydroxylation sites is 1. The van der Waals surface area contributed by atoms with Gasteiger partial charge >= 0.3 is 6.36 Å². The highest BCUT2D eigenvalue weighted by Crippen LogP contribution is 2.28. The Labute approximate surface area is 150 Å². The van der Waals surface area contributed by atoms with Crippen molar-refractivity contribution in [3.63, 3.8) is 0 Å². The van der Waals surface area contributed by atoms with Crippen molar-refractivity contribution in [3.8, 4) is 5.75 Å². The molecule has 2 saturated heterocycles. The van der Waals surface area contributed by atoms with Crippen LogP contribution in [-0.4, -0.2) is 30.4 Å². The first-order valence-electron chi connectivity index (χ1n) is 8.28. The molecule has 2 N–H and O–H groups in total. The highest BCUT2D eigenvalue weighted by molar-refractivity contribution is 5.85. The molecule has 2 atom stereocenters. The number of benzene rings is 1. The lowest BCUT2D eigenvalue weighted by molar-refractivity contribution is -0.274. The fraction of sp³-hybridized carbons (Fsp3) is 0.588. The quantitative estimate of drug-likeness (QED) is 0.826. The summed E-state index contributed by atoms with van der Waals surface area (Å²) in [6.07, 6.45) is -0.204. The zero-order valence-electron chi connectivity index (χ0n) is 13.6. The molecule has 2 aliphatic heterocycles. The summed E-state index contributed by atoms with van der Waals surface area (Å²) in [5.41, 5.74) is 0.385. The normalized spacial score (nSPS) is 25.2. The van der Waals surface area contributed by atoms with Crippen LogP contribution in [0.1, 0.15) is 37.7 Å². The largest absolute Gasteiger partial charge is 0.573 e. The molecule has 2 fully saturated rings. The van der Waals surface area contributed by atoms with E-state index < -0.39 is 6.36 Å². The molecule has 2 unspecified atom stereocenters. The van der Waals surface area contributed by atoms with Crippen LogP contribution in [0.3, 0.4) is 0 Å². The first-order chi connectivity index (χ1) is 11.4. The third-order valence-corrected chi connectivity index (χ3v) is 4.66. The summed E-state index contributed by atoms with van der Waals surface area (Å²) in [6.45, 7) is 0. The number of rotatable bonds is 5. The molecule has 1 aromatic carbocycles. The lowest BCUT2D eigenvalue weighted by Crippen LogP contribution is -2.48. The van der Waals surface area contributed by atoms with Gasteiger partial charge in [0, 0.05) is 24.5 Å². The molecular formula is C17H22ClF3N2O2. The number of carbonyl (C=O) groups excluding carboxylic acids is 1. The molecule has 2 bridgehead atoms. The third-order valence-electron chi connectivity index (χ3n) is 4.66. The molecule has 0 radical (unpaired) electrons. The maximum atomic E-state index is 12.4. The molecule has 0 spiro atoms. The highest BCUT2D eigenvalue weighted by Gasteiger charge is 2.34. The predicted octanol–water partition coefficient (Wildman–Crippen LogP) is 3.34. The van der Waals surface area contributed by atoms with Gasteiger partial charge in [0.25, 0.3) is 0 Å². The molecule has 0 saturated carbocycles. The van der Waals surface area contributed by atoms with Crippen molar-refractivity contribution in [1.82, 2.24) is 10.6 Å². The van der Waals surface area contributed by atoms with Crippen molar-refractivity contribution in [2.45, 2.75) is 63.0 Å². The van der Waals surface area contributed by atoms with Crippen molar-refractivity contribution in [3.05, 3.63) is 29.8 Å². The molecule has 2 aliphatic rings. The molecule has 8 heteroatoms. The first-order valence-corrected chi connectivity index (χ1v) is 8.28. The van der Waals surface area contributed by atoms with Crippen LogP contribution in [0.15, 0.2) is 24.3 Å². The van der Waals surface area contributed by atoms with Crippen LogP contribution in [-0.2, 0) is 11.2 Å². The summed E-state index contributed by atoms with van der Waals surface area (Å²) in [7, 11) is 0. The van der Waals surface area contributed by atoms with Gasteiger partial charge in [-0.2, -0.15) is 0 Å². The van der Waals surface area contributed by atoms with Gasteiger partial charge in [-0.1, -0.05) is 18.2 Å². The Bertz CT molecular complexity index is 586. The number of hydrogen-bond donors (Lipinski definition) is 2. The maximum absolute atomic E-state index is 12.4. The summed E-state index contributed by atoms with van der Waals surface area (Å²) < 4.78 is 41.2. The van der Waals surface area contributed by atoms with E-state index in [1.807, 2.05) is 0 Å². The van der Waals surface area contributed by atoms with Gasteiger partial charge in [0.1, 0.15) is 5.75 Å². The molecule has 25 heavy (non-hydrogen) atoms. The second-order valence-corrected chi connectivity index (χ2v) is 6.53. The van der Waals surface area contributed by atoms with E-state index in [1.165, 1.54) is 12.1 Å². The molecule has 1 amide bonds. The number of fused-ring (bicyclic) bond motifs is 2. The lowest BCUT2D eigenvalue weighted by Gasteiger charge is -2.29. The number of amides is 1. The summed E-state index contributed by atoms with van der Waals surface area (Å²) >= 11 is 0. The first kappa shape index (κ1) is 19.8. The number of hydrogen-bond acceptors (Lipinski definition) is 3. The molecule has 2 heterocycles.